The summed E-state index contributed by atoms with van der Waals surface area (Å²) in [6.07, 6.45) is -5.36. The number of nitrogens with zero attached hydrogens (tertiary/aromatic N) is 1. The highest BCUT2D eigenvalue weighted by atomic mass is 19.4. The Balaban J connectivity index is 1.50. The first-order chi connectivity index (χ1) is 24.8. The predicted molar refractivity (Wildman–Crippen MR) is 190 cm³/mol. The maximum Gasteiger partial charge on any atom is 0.416 e. The molecule has 5 rings (SSSR count). The summed E-state index contributed by atoms with van der Waals surface area (Å²) >= 11 is 0. The number of esters is 1. The van der Waals surface area contributed by atoms with Crippen molar-refractivity contribution in [1.82, 2.24) is 10.9 Å². The van der Waals surface area contributed by atoms with Crippen LogP contribution in [0.5, 0.6) is 5.75 Å². The van der Waals surface area contributed by atoms with E-state index in [1.54, 1.807) is 45.0 Å². The van der Waals surface area contributed by atoms with E-state index >= 15 is 0 Å². The quantitative estimate of drug-likeness (QED) is 0.0710. The number of carbonyl (C=O) groups is 2. The number of rotatable bonds is 14. The van der Waals surface area contributed by atoms with E-state index in [0.717, 1.165) is 23.3 Å². The second-order valence-electron chi connectivity index (χ2n) is 13.4. The summed E-state index contributed by atoms with van der Waals surface area (Å²) in [5.74, 6) is -0.477. The van der Waals surface area contributed by atoms with Crippen molar-refractivity contribution >= 4 is 17.8 Å². The minimum absolute atomic E-state index is 0.00130. The molecule has 4 aromatic carbocycles. The standard InChI is InChI=1S/C40H42F3N3O6/c1-38(2,3)52-34(48)21-22-39(37(49)46-44-26-27-9-7-12-32(25-27)40(41,42)43)35(30-15-13-29(14-16-30)28-10-5-4-6-11-28)51-36(45-39)31-17-19-33(20-18-31)50-24-8-23-47/h4-7,9-20,25,35,44,47H,8,21-24,26H2,1-3H3,(H,46,49)/t35-,39-/m0/s1. The zero-order chi connectivity index (χ0) is 37.4. The molecule has 0 fully saturated rings. The van der Waals surface area contributed by atoms with E-state index in [4.69, 9.17) is 24.3 Å². The lowest BCUT2D eigenvalue weighted by atomic mass is 9.83. The van der Waals surface area contributed by atoms with Gasteiger partial charge < -0.3 is 19.3 Å². The van der Waals surface area contributed by atoms with E-state index < -0.39 is 40.9 Å². The molecule has 1 aliphatic rings. The zero-order valence-electron chi connectivity index (χ0n) is 29.2. The Morgan fingerprint density at radius 3 is 2.21 bits per heavy atom. The van der Waals surface area contributed by atoms with Gasteiger partial charge in [0, 0.05) is 31.6 Å². The van der Waals surface area contributed by atoms with Crippen LogP contribution in [-0.4, -0.2) is 47.2 Å². The topological polar surface area (TPSA) is 118 Å². The fraction of sp³-hybridized carbons (Fsp3) is 0.325. The molecule has 0 saturated heterocycles. The van der Waals surface area contributed by atoms with Crippen molar-refractivity contribution < 1.29 is 42.1 Å². The molecule has 52 heavy (non-hydrogen) atoms. The second kappa shape index (κ2) is 16.4. The van der Waals surface area contributed by atoms with E-state index in [0.29, 0.717) is 35.5 Å². The fourth-order valence-electron chi connectivity index (χ4n) is 5.73. The summed E-state index contributed by atoms with van der Waals surface area (Å²) in [7, 11) is 0. The van der Waals surface area contributed by atoms with Crippen molar-refractivity contribution in [3.63, 3.8) is 0 Å². The number of hydrazine groups is 1. The number of hydrogen-bond acceptors (Lipinski definition) is 8. The minimum Gasteiger partial charge on any atom is -0.494 e. The number of hydrogen-bond donors (Lipinski definition) is 3. The number of carbonyl (C=O) groups excluding carboxylic acids is 2. The Hall–Kier alpha value is -5.20. The molecule has 0 radical (unpaired) electrons. The summed E-state index contributed by atoms with van der Waals surface area (Å²) in [5.41, 5.74) is 5.48. The number of halogens is 3. The van der Waals surface area contributed by atoms with Gasteiger partial charge in [-0.3, -0.25) is 15.0 Å². The summed E-state index contributed by atoms with van der Waals surface area (Å²) in [6, 6.07) is 28.9. The van der Waals surface area contributed by atoms with E-state index in [1.165, 1.54) is 12.1 Å². The van der Waals surface area contributed by atoms with Crippen molar-refractivity contribution in [2.45, 2.75) is 70.0 Å². The predicted octanol–water partition coefficient (Wildman–Crippen LogP) is 7.33. The number of benzene rings is 4. The first-order valence-corrected chi connectivity index (χ1v) is 16.9. The summed E-state index contributed by atoms with van der Waals surface area (Å²) < 4.78 is 57.8. The first-order valence-electron chi connectivity index (χ1n) is 16.9. The second-order valence-corrected chi connectivity index (χ2v) is 13.4. The molecule has 0 saturated carbocycles. The van der Waals surface area contributed by atoms with Gasteiger partial charge in [-0.25, -0.2) is 10.4 Å². The minimum atomic E-state index is -4.52. The third-order valence-corrected chi connectivity index (χ3v) is 8.23. The Bertz CT molecular complexity index is 1840. The monoisotopic (exact) mass is 717 g/mol. The van der Waals surface area contributed by atoms with Gasteiger partial charge in [-0.1, -0.05) is 72.8 Å². The van der Waals surface area contributed by atoms with Crippen LogP contribution in [-0.2, 0) is 31.8 Å². The maximum absolute atomic E-state index is 14.4. The average Bonchev–Trinajstić information content (AvgIpc) is 3.52. The van der Waals surface area contributed by atoms with Crippen molar-refractivity contribution in [2.75, 3.05) is 13.2 Å². The van der Waals surface area contributed by atoms with Crippen LogP contribution in [0.4, 0.5) is 13.2 Å². The summed E-state index contributed by atoms with van der Waals surface area (Å²) in [6.45, 7) is 5.44. The number of aliphatic hydroxyl groups is 1. The summed E-state index contributed by atoms with van der Waals surface area (Å²) in [5, 5.41) is 9.08. The van der Waals surface area contributed by atoms with E-state index in [2.05, 4.69) is 10.9 Å². The fourth-order valence-corrected chi connectivity index (χ4v) is 5.73. The molecule has 0 aromatic heterocycles. The van der Waals surface area contributed by atoms with Gasteiger partial charge in [-0.2, -0.15) is 13.2 Å². The van der Waals surface area contributed by atoms with Gasteiger partial charge >= 0.3 is 12.1 Å². The number of aliphatic imine (C=N–C) groups is 1. The Morgan fingerprint density at radius 2 is 1.56 bits per heavy atom. The van der Waals surface area contributed by atoms with E-state index in [9.17, 15) is 22.8 Å². The van der Waals surface area contributed by atoms with Gasteiger partial charge in [0.2, 0.25) is 5.90 Å². The lowest BCUT2D eigenvalue weighted by molar-refractivity contribution is -0.155. The average molecular weight is 718 g/mol. The van der Waals surface area contributed by atoms with Crippen molar-refractivity contribution in [3.05, 3.63) is 125 Å². The molecule has 1 amide bonds. The SMILES string of the molecule is CC(C)(C)OC(=O)CC[C@]1(C(=O)NNCc2cccc(C(F)(F)F)c2)N=C(c2ccc(OCCCO)cc2)O[C@H]1c1ccc(-c2ccccc2)cc1. The third kappa shape index (κ3) is 9.77. The van der Waals surface area contributed by atoms with Crippen molar-refractivity contribution in [1.29, 1.82) is 0 Å². The highest BCUT2D eigenvalue weighted by Crippen LogP contribution is 2.44. The van der Waals surface area contributed by atoms with Crippen LogP contribution in [0.1, 0.15) is 68.4 Å². The number of ether oxygens (including phenoxy) is 3. The molecular weight excluding hydrogens is 675 g/mol. The maximum atomic E-state index is 14.4. The van der Waals surface area contributed by atoms with Crippen LogP contribution in [0.25, 0.3) is 11.1 Å². The number of amides is 1. The number of alkyl halides is 3. The highest BCUT2D eigenvalue weighted by Gasteiger charge is 2.53. The molecule has 2 atom stereocenters. The molecule has 3 N–H and O–H groups in total. The van der Waals surface area contributed by atoms with Gasteiger partial charge in [-0.15, -0.1) is 0 Å². The van der Waals surface area contributed by atoms with Gasteiger partial charge in [0.1, 0.15) is 11.4 Å². The first kappa shape index (κ1) is 38.0. The largest absolute Gasteiger partial charge is 0.494 e. The van der Waals surface area contributed by atoms with Gasteiger partial charge in [0.25, 0.3) is 5.91 Å². The van der Waals surface area contributed by atoms with Gasteiger partial charge in [-0.05, 0) is 79.8 Å². The molecule has 0 aliphatic carbocycles. The Morgan fingerprint density at radius 1 is 0.885 bits per heavy atom. The normalized spacial score (nSPS) is 17.2. The van der Waals surface area contributed by atoms with Gasteiger partial charge in [0.15, 0.2) is 11.6 Å². The molecule has 274 valence electrons. The summed E-state index contributed by atoms with van der Waals surface area (Å²) in [4.78, 5) is 32.3. The molecule has 9 nitrogen and oxygen atoms in total. The highest BCUT2D eigenvalue weighted by molar-refractivity contribution is 6.01. The zero-order valence-corrected chi connectivity index (χ0v) is 29.2. The van der Waals surface area contributed by atoms with Gasteiger partial charge in [0.05, 0.1) is 12.2 Å². The molecule has 1 aliphatic heterocycles. The number of aliphatic hydroxyl groups excluding tert-OH is 1. The molecule has 0 unspecified atom stereocenters. The smallest absolute Gasteiger partial charge is 0.416 e. The number of nitrogens with one attached hydrogen (secondary N) is 2. The van der Waals surface area contributed by atoms with E-state index in [-0.39, 0.29) is 31.9 Å². The molecule has 12 heteroatoms. The van der Waals surface area contributed by atoms with Crippen LogP contribution in [0.2, 0.25) is 0 Å². The Kier molecular flexibility index (Phi) is 12.0. The lowest BCUT2D eigenvalue weighted by Gasteiger charge is -2.31. The van der Waals surface area contributed by atoms with Crippen LogP contribution in [0.3, 0.4) is 0 Å². The molecule has 4 aromatic rings. The Labute approximate surface area is 300 Å². The van der Waals surface area contributed by atoms with E-state index in [1.807, 2.05) is 54.6 Å². The van der Waals surface area contributed by atoms with Crippen molar-refractivity contribution in [3.8, 4) is 16.9 Å². The van der Waals surface area contributed by atoms with Crippen molar-refractivity contribution in [2.24, 2.45) is 4.99 Å². The van der Waals surface area contributed by atoms with Crippen LogP contribution < -0.4 is 15.6 Å². The molecule has 0 bridgehead atoms. The van der Waals surface area contributed by atoms with Crippen LogP contribution in [0, 0.1) is 0 Å². The molecule has 1 heterocycles. The molecule has 0 spiro atoms. The van der Waals surface area contributed by atoms with Crippen LogP contribution >= 0.6 is 0 Å². The van der Waals surface area contributed by atoms with Crippen LogP contribution in [0.15, 0.2) is 108 Å². The molecular formula is C40H42F3N3O6. The lowest BCUT2D eigenvalue weighted by Crippen LogP contribution is -2.52. The third-order valence-electron chi connectivity index (χ3n) is 8.23.